The van der Waals surface area contributed by atoms with E-state index in [0.29, 0.717) is 31.8 Å². The van der Waals surface area contributed by atoms with Gasteiger partial charge in [-0.05, 0) is 43.9 Å². The average Bonchev–Trinajstić information content (AvgIpc) is 3.10. The Morgan fingerprint density at radius 3 is 2.62 bits per heavy atom. The quantitative estimate of drug-likeness (QED) is 0.347. The summed E-state index contributed by atoms with van der Waals surface area (Å²) >= 11 is 0. The number of halogens is 1. The molecule has 1 aliphatic heterocycles. The molecule has 29 heavy (non-hydrogen) atoms. The maximum absolute atomic E-state index is 6.17. The predicted molar refractivity (Wildman–Crippen MR) is 126 cm³/mol. The van der Waals surface area contributed by atoms with E-state index >= 15 is 0 Å². The summed E-state index contributed by atoms with van der Waals surface area (Å²) in [5.74, 6) is 2.74. The molecule has 2 aliphatic rings. The highest BCUT2D eigenvalue weighted by atomic mass is 127. The van der Waals surface area contributed by atoms with E-state index in [2.05, 4.69) is 10.3 Å². The number of benzene rings is 2. The molecular formula is C22H28IN3O3. The minimum absolute atomic E-state index is 0. The average molecular weight is 509 g/mol. The molecule has 3 N–H and O–H groups in total. The van der Waals surface area contributed by atoms with Gasteiger partial charge in [-0.15, -0.1) is 24.0 Å². The van der Waals surface area contributed by atoms with Crippen molar-refractivity contribution in [1.82, 2.24) is 0 Å². The fourth-order valence-electron chi connectivity index (χ4n) is 3.53. The van der Waals surface area contributed by atoms with Crippen molar-refractivity contribution < 1.29 is 14.2 Å². The number of ether oxygens (including phenoxy) is 3. The van der Waals surface area contributed by atoms with E-state index in [0.717, 1.165) is 47.8 Å². The fourth-order valence-corrected chi connectivity index (χ4v) is 3.53. The number of hydrogen-bond acceptors (Lipinski definition) is 4. The van der Waals surface area contributed by atoms with Crippen LogP contribution in [0.15, 0.2) is 47.5 Å². The molecule has 0 amide bonds. The number of fused-ring (bicyclic) bond motifs is 1. The Morgan fingerprint density at radius 1 is 1.03 bits per heavy atom. The highest BCUT2D eigenvalue weighted by Gasteiger charge is 2.17. The van der Waals surface area contributed by atoms with E-state index in [1.54, 1.807) is 0 Å². The van der Waals surface area contributed by atoms with E-state index in [4.69, 9.17) is 19.9 Å². The molecule has 0 aromatic heterocycles. The molecule has 0 unspecified atom stereocenters. The molecule has 0 atom stereocenters. The molecule has 1 heterocycles. The number of nitrogens with two attached hydrogens (primary N) is 1. The van der Waals surface area contributed by atoms with E-state index in [1.807, 2.05) is 42.5 Å². The standard InChI is InChI=1S/C22H27N3O3.HI/c23-22(25-17-10-11-20-21(14-17)27-13-5-12-26-20)24-15-16-6-1-4-9-19(16)28-18-7-2-3-8-18;/h1,4,6,9-11,14,18H,2-3,5,7-8,12-13,15H2,(H3,23,24,25);1H. The smallest absolute Gasteiger partial charge is 0.193 e. The largest absolute Gasteiger partial charge is 0.490 e. The van der Waals surface area contributed by atoms with E-state index in [1.165, 1.54) is 12.8 Å². The molecule has 0 spiro atoms. The Balaban J connectivity index is 0.00000240. The number of hydrogen-bond donors (Lipinski definition) is 2. The molecule has 4 rings (SSSR count). The zero-order chi connectivity index (χ0) is 19.2. The number of anilines is 1. The summed E-state index contributed by atoms with van der Waals surface area (Å²) in [6.45, 7) is 1.79. The van der Waals surface area contributed by atoms with Crippen molar-refractivity contribution in [2.75, 3.05) is 18.5 Å². The van der Waals surface area contributed by atoms with E-state index in [-0.39, 0.29) is 24.0 Å². The Bertz CT molecular complexity index is 838. The first-order valence-corrected chi connectivity index (χ1v) is 9.99. The van der Waals surface area contributed by atoms with Crippen LogP contribution in [0.4, 0.5) is 5.69 Å². The summed E-state index contributed by atoms with van der Waals surface area (Å²) in [5, 5.41) is 3.13. The van der Waals surface area contributed by atoms with Crippen molar-refractivity contribution in [3.8, 4) is 17.2 Å². The first-order chi connectivity index (χ1) is 13.8. The van der Waals surface area contributed by atoms with Crippen LogP contribution in [0.2, 0.25) is 0 Å². The van der Waals surface area contributed by atoms with Crippen molar-refractivity contribution in [2.24, 2.45) is 10.7 Å². The van der Waals surface area contributed by atoms with E-state index < -0.39 is 0 Å². The Hall–Kier alpha value is -2.16. The van der Waals surface area contributed by atoms with Gasteiger partial charge in [-0.2, -0.15) is 0 Å². The number of para-hydroxylation sites is 1. The molecule has 1 saturated carbocycles. The van der Waals surface area contributed by atoms with Crippen LogP contribution in [-0.2, 0) is 6.54 Å². The predicted octanol–water partition coefficient (Wildman–Crippen LogP) is 4.71. The van der Waals surface area contributed by atoms with Crippen molar-refractivity contribution >= 4 is 35.6 Å². The van der Waals surface area contributed by atoms with Crippen molar-refractivity contribution in [3.63, 3.8) is 0 Å². The van der Waals surface area contributed by atoms with Gasteiger partial charge in [0.15, 0.2) is 17.5 Å². The van der Waals surface area contributed by atoms with Gasteiger partial charge < -0.3 is 25.3 Å². The fraction of sp³-hybridized carbons (Fsp3) is 0.409. The summed E-state index contributed by atoms with van der Waals surface area (Å²) < 4.78 is 17.5. The van der Waals surface area contributed by atoms with Gasteiger partial charge in [-0.25, -0.2) is 4.99 Å². The highest BCUT2D eigenvalue weighted by Crippen LogP contribution is 2.32. The Morgan fingerprint density at radius 2 is 1.79 bits per heavy atom. The van der Waals surface area contributed by atoms with Crippen LogP contribution in [0.5, 0.6) is 17.2 Å². The number of rotatable bonds is 5. The van der Waals surface area contributed by atoms with Gasteiger partial charge in [0, 0.05) is 23.7 Å². The molecular weight excluding hydrogens is 481 g/mol. The third kappa shape index (κ3) is 5.91. The lowest BCUT2D eigenvalue weighted by Gasteiger charge is -2.16. The number of aliphatic imine (C=N–C) groups is 1. The van der Waals surface area contributed by atoms with Gasteiger partial charge in [0.2, 0.25) is 0 Å². The van der Waals surface area contributed by atoms with Gasteiger partial charge in [0.05, 0.1) is 25.9 Å². The van der Waals surface area contributed by atoms with Crippen molar-refractivity contribution in [3.05, 3.63) is 48.0 Å². The molecule has 6 nitrogen and oxygen atoms in total. The summed E-state index contributed by atoms with van der Waals surface area (Å²) in [6.07, 6.45) is 5.96. The van der Waals surface area contributed by atoms with Crippen LogP contribution < -0.4 is 25.3 Å². The van der Waals surface area contributed by atoms with Gasteiger partial charge in [-0.1, -0.05) is 18.2 Å². The molecule has 1 aliphatic carbocycles. The maximum atomic E-state index is 6.17. The van der Waals surface area contributed by atoms with Crippen LogP contribution >= 0.6 is 24.0 Å². The normalized spacial score (nSPS) is 16.6. The molecule has 156 valence electrons. The molecule has 0 bridgehead atoms. The number of nitrogens with zero attached hydrogens (tertiary/aromatic N) is 1. The molecule has 0 radical (unpaired) electrons. The second-order valence-electron chi connectivity index (χ2n) is 7.17. The first-order valence-electron chi connectivity index (χ1n) is 9.99. The zero-order valence-corrected chi connectivity index (χ0v) is 18.8. The summed E-state index contributed by atoms with van der Waals surface area (Å²) in [4.78, 5) is 4.49. The zero-order valence-electron chi connectivity index (χ0n) is 16.4. The van der Waals surface area contributed by atoms with Crippen LogP contribution in [-0.4, -0.2) is 25.3 Å². The molecule has 1 fully saturated rings. The van der Waals surface area contributed by atoms with Crippen LogP contribution in [0.3, 0.4) is 0 Å². The van der Waals surface area contributed by atoms with Crippen molar-refractivity contribution in [1.29, 1.82) is 0 Å². The topological polar surface area (TPSA) is 78.1 Å². The summed E-state index contributed by atoms with van der Waals surface area (Å²) in [5.41, 5.74) is 7.96. The number of nitrogens with one attached hydrogen (secondary N) is 1. The van der Waals surface area contributed by atoms with Crippen molar-refractivity contribution in [2.45, 2.75) is 44.8 Å². The second-order valence-corrected chi connectivity index (χ2v) is 7.17. The molecule has 2 aromatic carbocycles. The minimum atomic E-state index is 0. The minimum Gasteiger partial charge on any atom is -0.490 e. The SMILES string of the molecule is I.NC(=NCc1ccccc1OC1CCCC1)Nc1ccc2c(c1)OCCCO2. The second kappa shape index (κ2) is 10.6. The summed E-state index contributed by atoms with van der Waals surface area (Å²) in [7, 11) is 0. The Kier molecular flexibility index (Phi) is 7.85. The first kappa shape index (κ1) is 21.5. The molecule has 7 heteroatoms. The van der Waals surface area contributed by atoms with Gasteiger partial charge in [-0.3, -0.25) is 0 Å². The lowest BCUT2D eigenvalue weighted by Crippen LogP contribution is -2.22. The highest BCUT2D eigenvalue weighted by molar-refractivity contribution is 14.0. The van der Waals surface area contributed by atoms with Crippen LogP contribution in [0.1, 0.15) is 37.7 Å². The van der Waals surface area contributed by atoms with E-state index in [9.17, 15) is 0 Å². The Labute approximate surface area is 188 Å². The molecule has 2 aromatic rings. The molecule has 0 saturated heterocycles. The lowest BCUT2D eigenvalue weighted by molar-refractivity contribution is 0.208. The van der Waals surface area contributed by atoms with Gasteiger partial charge in [0.25, 0.3) is 0 Å². The van der Waals surface area contributed by atoms with Crippen LogP contribution in [0.25, 0.3) is 0 Å². The third-order valence-corrected chi connectivity index (χ3v) is 5.01. The number of guanidine groups is 1. The third-order valence-electron chi connectivity index (χ3n) is 5.01. The lowest BCUT2D eigenvalue weighted by atomic mass is 10.2. The van der Waals surface area contributed by atoms with Gasteiger partial charge in [0.1, 0.15) is 5.75 Å². The monoisotopic (exact) mass is 509 g/mol. The van der Waals surface area contributed by atoms with Crippen LogP contribution in [0, 0.1) is 0 Å². The summed E-state index contributed by atoms with van der Waals surface area (Å²) in [6, 6.07) is 13.7. The maximum Gasteiger partial charge on any atom is 0.193 e. The van der Waals surface area contributed by atoms with Gasteiger partial charge >= 0.3 is 0 Å².